The van der Waals surface area contributed by atoms with Gasteiger partial charge < -0.3 is 19.6 Å². The van der Waals surface area contributed by atoms with Crippen molar-refractivity contribution in [2.24, 2.45) is 12.0 Å². The number of piperidine rings is 1. The highest BCUT2D eigenvalue weighted by Crippen LogP contribution is 2.24. The number of hydrogen-bond donors (Lipinski definition) is 2. The third kappa shape index (κ3) is 6.69. The van der Waals surface area contributed by atoms with Crippen LogP contribution < -0.4 is 10.6 Å². The van der Waals surface area contributed by atoms with Gasteiger partial charge in [0.2, 0.25) is 0 Å². The molecule has 0 radical (unpaired) electrons. The standard InChI is InChI=1S/C23H37N7O.HI/c1-18-27-28-22(29(18)2)17-25-23(26-19-10-5-3-6-11-19)24-16-20(21-12-9-15-31-21)30-13-7-4-8-14-30;/h9,12,15,19-20H,3-8,10-11,13-14,16-17H2,1-2H3,(H2,24,25,26);1H. The highest BCUT2D eigenvalue weighted by molar-refractivity contribution is 14.0. The van der Waals surface area contributed by atoms with Crippen molar-refractivity contribution in [3.8, 4) is 0 Å². The zero-order valence-corrected chi connectivity index (χ0v) is 21.8. The fraction of sp³-hybridized carbons (Fsp3) is 0.696. The van der Waals surface area contributed by atoms with Crippen LogP contribution >= 0.6 is 24.0 Å². The van der Waals surface area contributed by atoms with Crippen molar-refractivity contribution in [1.29, 1.82) is 0 Å². The summed E-state index contributed by atoms with van der Waals surface area (Å²) < 4.78 is 7.82. The first-order valence-corrected chi connectivity index (χ1v) is 11.9. The summed E-state index contributed by atoms with van der Waals surface area (Å²) in [6, 6.07) is 4.77. The van der Waals surface area contributed by atoms with Crippen molar-refractivity contribution in [3.05, 3.63) is 35.8 Å². The normalized spacial score (nSPS) is 19.4. The largest absolute Gasteiger partial charge is 0.468 e. The van der Waals surface area contributed by atoms with Gasteiger partial charge in [0.25, 0.3) is 0 Å². The van der Waals surface area contributed by atoms with Crippen molar-refractivity contribution >= 4 is 29.9 Å². The molecule has 0 amide bonds. The molecule has 1 unspecified atom stereocenters. The van der Waals surface area contributed by atoms with Crippen LogP contribution in [0.5, 0.6) is 0 Å². The molecule has 1 saturated heterocycles. The number of rotatable bonds is 7. The lowest BCUT2D eigenvalue weighted by atomic mass is 9.96. The van der Waals surface area contributed by atoms with Crippen LogP contribution in [0.15, 0.2) is 27.8 Å². The molecule has 1 aliphatic carbocycles. The van der Waals surface area contributed by atoms with Gasteiger partial charge in [-0.25, -0.2) is 4.99 Å². The van der Waals surface area contributed by atoms with Crippen molar-refractivity contribution in [2.45, 2.75) is 76.9 Å². The van der Waals surface area contributed by atoms with E-state index in [0.29, 0.717) is 12.6 Å². The summed E-state index contributed by atoms with van der Waals surface area (Å²) in [7, 11) is 1.99. The molecule has 2 aliphatic rings. The first-order valence-electron chi connectivity index (χ1n) is 11.9. The molecule has 178 valence electrons. The number of aryl methyl sites for hydroxylation is 1. The van der Waals surface area contributed by atoms with E-state index in [9.17, 15) is 0 Å². The van der Waals surface area contributed by atoms with E-state index in [2.05, 4.69) is 31.8 Å². The van der Waals surface area contributed by atoms with Gasteiger partial charge in [-0.2, -0.15) is 0 Å². The molecule has 2 aromatic rings. The molecule has 0 aromatic carbocycles. The lowest BCUT2D eigenvalue weighted by molar-refractivity contribution is 0.146. The van der Waals surface area contributed by atoms with Crippen molar-refractivity contribution in [1.82, 2.24) is 30.3 Å². The molecule has 8 nitrogen and oxygen atoms in total. The van der Waals surface area contributed by atoms with Gasteiger partial charge >= 0.3 is 0 Å². The van der Waals surface area contributed by atoms with Gasteiger partial charge in [-0.1, -0.05) is 25.7 Å². The second-order valence-electron chi connectivity index (χ2n) is 8.88. The molecule has 9 heteroatoms. The quantitative estimate of drug-likeness (QED) is 0.306. The lowest BCUT2D eigenvalue weighted by Gasteiger charge is -2.34. The molecular formula is C23H38IN7O. The van der Waals surface area contributed by atoms with E-state index in [4.69, 9.17) is 9.41 Å². The van der Waals surface area contributed by atoms with E-state index < -0.39 is 0 Å². The number of guanidine groups is 1. The number of hydrogen-bond acceptors (Lipinski definition) is 5. The number of furan rings is 1. The highest BCUT2D eigenvalue weighted by atomic mass is 127. The van der Waals surface area contributed by atoms with Gasteiger partial charge in [0.1, 0.15) is 18.1 Å². The van der Waals surface area contributed by atoms with Crippen LogP contribution in [0.3, 0.4) is 0 Å². The molecule has 2 N–H and O–H groups in total. The van der Waals surface area contributed by atoms with Gasteiger partial charge in [-0.15, -0.1) is 34.2 Å². The highest BCUT2D eigenvalue weighted by Gasteiger charge is 2.25. The Labute approximate surface area is 208 Å². The Morgan fingerprint density at radius 1 is 1.16 bits per heavy atom. The molecule has 0 bridgehead atoms. The predicted octanol–water partition coefficient (Wildman–Crippen LogP) is 3.93. The molecule has 1 saturated carbocycles. The van der Waals surface area contributed by atoms with Crippen LogP contribution in [0.2, 0.25) is 0 Å². The molecule has 32 heavy (non-hydrogen) atoms. The zero-order valence-electron chi connectivity index (χ0n) is 19.4. The maximum absolute atomic E-state index is 5.82. The maximum atomic E-state index is 5.82. The summed E-state index contributed by atoms with van der Waals surface area (Å²) in [5, 5.41) is 15.8. The van der Waals surface area contributed by atoms with Gasteiger partial charge in [-0.05, 0) is 57.8 Å². The molecule has 2 aromatic heterocycles. The van der Waals surface area contributed by atoms with E-state index in [1.165, 1.54) is 51.4 Å². The first-order chi connectivity index (χ1) is 15.2. The monoisotopic (exact) mass is 555 g/mol. The van der Waals surface area contributed by atoms with Crippen LogP contribution in [0.1, 0.15) is 74.8 Å². The number of likely N-dealkylation sites (tertiary alicyclic amines) is 1. The smallest absolute Gasteiger partial charge is 0.191 e. The van der Waals surface area contributed by atoms with E-state index in [-0.39, 0.29) is 30.0 Å². The van der Waals surface area contributed by atoms with Crippen molar-refractivity contribution in [3.63, 3.8) is 0 Å². The molecule has 1 atom stereocenters. The van der Waals surface area contributed by atoms with Crippen LogP contribution in [-0.4, -0.2) is 51.3 Å². The Hall–Kier alpha value is -1.62. The minimum Gasteiger partial charge on any atom is -0.468 e. The molecule has 0 spiro atoms. The summed E-state index contributed by atoms with van der Waals surface area (Å²) in [5.41, 5.74) is 0. The van der Waals surface area contributed by atoms with E-state index in [1.54, 1.807) is 6.26 Å². The summed E-state index contributed by atoms with van der Waals surface area (Å²) >= 11 is 0. The predicted molar refractivity (Wildman–Crippen MR) is 137 cm³/mol. The summed E-state index contributed by atoms with van der Waals surface area (Å²) in [4.78, 5) is 7.42. The Balaban J connectivity index is 0.00000289. The summed E-state index contributed by atoms with van der Waals surface area (Å²) in [5.74, 6) is 3.67. The van der Waals surface area contributed by atoms with E-state index >= 15 is 0 Å². The third-order valence-corrected chi connectivity index (χ3v) is 6.67. The van der Waals surface area contributed by atoms with Crippen LogP contribution in [0, 0.1) is 6.92 Å². The second kappa shape index (κ2) is 12.6. The van der Waals surface area contributed by atoms with Crippen molar-refractivity contribution < 1.29 is 4.42 Å². The van der Waals surface area contributed by atoms with Crippen LogP contribution in [-0.2, 0) is 13.6 Å². The van der Waals surface area contributed by atoms with Gasteiger partial charge in [0, 0.05) is 19.6 Å². The topological polar surface area (TPSA) is 83.5 Å². The maximum Gasteiger partial charge on any atom is 0.191 e. The fourth-order valence-corrected chi connectivity index (χ4v) is 4.65. The third-order valence-electron chi connectivity index (χ3n) is 6.67. The Morgan fingerprint density at radius 2 is 1.91 bits per heavy atom. The van der Waals surface area contributed by atoms with Gasteiger partial charge in [0.15, 0.2) is 11.8 Å². The minimum atomic E-state index is 0. The van der Waals surface area contributed by atoms with Crippen LogP contribution in [0.4, 0.5) is 0 Å². The van der Waals surface area contributed by atoms with Gasteiger partial charge in [0.05, 0.1) is 12.3 Å². The average molecular weight is 556 g/mol. The number of nitrogens with one attached hydrogen (secondary N) is 2. The molecule has 1 aliphatic heterocycles. The zero-order chi connectivity index (χ0) is 21.5. The summed E-state index contributed by atoms with van der Waals surface area (Å²) in [6.45, 7) is 5.48. The summed E-state index contributed by atoms with van der Waals surface area (Å²) in [6.07, 6.45) is 11.9. The first kappa shape index (κ1) is 25.0. The van der Waals surface area contributed by atoms with E-state index in [1.807, 2.05) is 24.6 Å². The Bertz CT molecular complexity index is 824. The number of halogens is 1. The number of aliphatic imine (C=N–C) groups is 1. The molecular weight excluding hydrogens is 517 g/mol. The Kier molecular flexibility index (Phi) is 9.83. The fourth-order valence-electron chi connectivity index (χ4n) is 4.65. The second-order valence-corrected chi connectivity index (χ2v) is 8.88. The average Bonchev–Trinajstić information content (AvgIpc) is 3.44. The molecule has 4 rings (SSSR count). The van der Waals surface area contributed by atoms with Gasteiger partial charge in [-0.3, -0.25) is 4.90 Å². The number of nitrogens with zero attached hydrogens (tertiary/aromatic N) is 5. The SMILES string of the molecule is Cc1nnc(CN=C(NCC(c2ccco2)N2CCCCC2)NC2CCCCC2)n1C.I. The minimum absolute atomic E-state index is 0. The lowest BCUT2D eigenvalue weighted by Crippen LogP contribution is -2.47. The molecule has 3 heterocycles. The number of aromatic nitrogens is 3. The van der Waals surface area contributed by atoms with Crippen molar-refractivity contribution in [2.75, 3.05) is 19.6 Å². The molecule has 2 fully saturated rings. The van der Waals surface area contributed by atoms with Crippen LogP contribution in [0.25, 0.3) is 0 Å². The van der Waals surface area contributed by atoms with E-state index in [0.717, 1.165) is 43.0 Å². The Morgan fingerprint density at radius 3 is 2.56 bits per heavy atom.